The first-order valence-electron chi connectivity index (χ1n) is 7.65. The van der Waals surface area contributed by atoms with Gasteiger partial charge >= 0.3 is 0 Å². The monoisotopic (exact) mass is 320 g/mol. The van der Waals surface area contributed by atoms with Crippen LogP contribution >= 0.6 is 0 Å². The third kappa shape index (κ3) is 2.80. The van der Waals surface area contributed by atoms with Crippen LogP contribution in [0.25, 0.3) is 0 Å². The third-order valence-corrected chi connectivity index (χ3v) is 5.89. The SMILES string of the molecule is CCCc1cc([C@H]2CCCN2S(=O)(=O)c2ccccc2)no1. The van der Waals surface area contributed by atoms with Crippen LogP contribution in [0.4, 0.5) is 0 Å². The summed E-state index contributed by atoms with van der Waals surface area (Å²) in [6.07, 6.45) is 3.42. The summed E-state index contributed by atoms with van der Waals surface area (Å²) in [5.41, 5.74) is 0.723. The van der Waals surface area contributed by atoms with Gasteiger partial charge in [-0.25, -0.2) is 8.42 Å². The standard InChI is InChI=1S/C16H20N2O3S/c1-2-7-13-12-15(17-21-13)16-10-6-11-18(16)22(19,20)14-8-4-3-5-9-14/h3-5,8-9,12,16H,2,6-7,10-11H2,1H3/t16-/m1/s1. The lowest BCUT2D eigenvalue weighted by molar-refractivity contribution is 0.343. The van der Waals surface area contributed by atoms with Crippen LogP contribution in [0.3, 0.4) is 0 Å². The highest BCUT2D eigenvalue weighted by atomic mass is 32.2. The minimum atomic E-state index is -3.49. The molecule has 1 aromatic heterocycles. The Hall–Kier alpha value is -1.66. The van der Waals surface area contributed by atoms with Gasteiger partial charge in [0.15, 0.2) is 0 Å². The molecule has 0 N–H and O–H groups in total. The Bertz CT molecular complexity index is 725. The Kier molecular flexibility index (Phi) is 4.31. The van der Waals surface area contributed by atoms with Crippen LogP contribution in [-0.4, -0.2) is 24.4 Å². The van der Waals surface area contributed by atoms with E-state index >= 15 is 0 Å². The zero-order chi connectivity index (χ0) is 15.6. The van der Waals surface area contributed by atoms with Crippen molar-refractivity contribution in [2.75, 3.05) is 6.54 Å². The predicted molar refractivity (Wildman–Crippen MR) is 82.8 cm³/mol. The van der Waals surface area contributed by atoms with Gasteiger partial charge in [0.25, 0.3) is 0 Å². The second-order valence-corrected chi connectivity index (χ2v) is 7.45. The van der Waals surface area contributed by atoms with Gasteiger partial charge in [0.2, 0.25) is 10.0 Å². The maximum atomic E-state index is 12.8. The first-order chi connectivity index (χ1) is 10.6. The molecular weight excluding hydrogens is 300 g/mol. The van der Waals surface area contributed by atoms with Gasteiger partial charge in [-0.05, 0) is 31.4 Å². The van der Waals surface area contributed by atoms with Gasteiger partial charge < -0.3 is 4.52 Å². The molecule has 1 aromatic carbocycles. The molecule has 22 heavy (non-hydrogen) atoms. The summed E-state index contributed by atoms with van der Waals surface area (Å²) in [7, 11) is -3.49. The van der Waals surface area contributed by atoms with Crippen molar-refractivity contribution < 1.29 is 12.9 Å². The first kappa shape index (κ1) is 15.2. The van der Waals surface area contributed by atoms with Gasteiger partial charge in [-0.1, -0.05) is 30.3 Å². The van der Waals surface area contributed by atoms with E-state index in [4.69, 9.17) is 4.52 Å². The van der Waals surface area contributed by atoms with Gasteiger partial charge in [-0.2, -0.15) is 4.31 Å². The quantitative estimate of drug-likeness (QED) is 0.849. The molecule has 6 heteroatoms. The van der Waals surface area contributed by atoms with Crippen LogP contribution in [0.15, 0.2) is 45.8 Å². The topological polar surface area (TPSA) is 63.4 Å². The number of nitrogens with zero attached hydrogens (tertiary/aromatic N) is 2. The molecule has 118 valence electrons. The molecule has 0 radical (unpaired) electrons. The van der Waals surface area contributed by atoms with Gasteiger partial charge in [0.05, 0.1) is 10.9 Å². The van der Waals surface area contributed by atoms with Crippen molar-refractivity contribution in [3.05, 3.63) is 47.9 Å². The molecule has 0 unspecified atom stereocenters. The Morgan fingerprint density at radius 3 is 2.82 bits per heavy atom. The van der Waals surface area contributed by atoms with Crippen molar-refractivity contribution in [2.45, 2.75) is 43.5 Å². The van der Waals surface area contributed by atoms with Crippen molar-refractivity contribution in [1.29, 1.82) is 0 Å². The number of hydrogen-bond acceptors (Lipinski definition) is 4. The van der Waals surface area contributed by atoms with Crippen LogP contribution in [0, 0.1) is 0 Å². The summed E-state index contributed by atoms with van der Waals surface area (Å²) >= 11 is 0. The molecule has 0 bridgehead atoms. The number of aromatic nitrogens is 1. The molecule has 2 aromatic rings. The van der Waals surface area contributed by atoms with Crippen molar-refractivity contribution >= 4 is 10.0 Å². The fraction of sp³-hybridized carbons (Fsp3) is 0.438. The van der Waals surface area contributed by atoms with Crippen molar-refractivity contribution in [1.82, 2.24) is 9.46 Å². The minimum Gasteiger partial charge on any atom is -0.361 e. The van der Waals surface area contributed by atoms with Crippen LogP contribution in [0.2, 0.25) is 0 Å². The van der Waals surface area contributed by atoms with E-state index in [1.807, 2.05) is 12.1 Å². The molecule has 1 atom stereocenters. The first-order valence-corrected chi connectivity index (χ1v) is 9.09. The maximum Gasteiger partial charge on any atom is 0.243 e. The summed E-state index contributed by atoms with van der Waals surface area (Å²) in [5.74, 6) is 0.821. The molecule has 1 saturated heterocycles. The second-order valence-electron chi connectivity index (χ2n) is 5.55. The van der Waals surface area contributed by atoms with Gasteiger partial charge in [-0.3, -0.25) is 0 Å². The summed E-state index contributed by atoms with van der Waals surface area (Å²) in [6, 6.07) is 10.2. The smallest absolute Gasteiger partial charge is 0.243 e. The number of aryl methyl sites for hydroxylation is 1. The fourth-order valence-corrected chi connectivity index (χ4v) is 4.59. The largest absolute Gasteiger partial charge is 0.361 e. The Labute approximate surface area is 131 Å². The fourth-order valence-electron chi connectivity index (χ4n) is 2.90. The van der Waals surface area contributed by atoms with E-state index in [1.165, 1.54) is 0 Å². The highest BCUT2D eigenvalue weighted by molar-refractivity contribution is 7.89. The third-order valence-electron chi connectivity index (χ3n) is 3.97. The van der Waals surface area contributed by atoms with E-state index in [2.05, 4.69) is 12.1 Å². The predicted octanol–water partition coefficient (Wildman–Crippen LogP) is 3.15. The lowest BCUT2D eigenvalue weighted by Crippen LogP contribution is -2.30. The highest BCUT2D eigenvalue weighted by Crippen LogP contribution is 2.36. The lowest BCUT2D eigenvalue weighted by Gasteiger charge is -2.22. The van der Waals surface area contributed by atoms with Crippen molar-refractivity contribution in [3.63, 3.8) is 0 Å². The summed E-state index contributed by atoms with van der Waals surface area (Å²) in [5, 5.41) is 4.09. The van der Waals surface area contributed by atoms with E-state index in [0.717, 1.165) is 37.1 Å². The van der Waals surface area contributed by atoms with Gasteiger partial charge in [0, 0.05) is 19.0 Å². The molecule has 1 fully saturated rings. The lowest BCUT2D eigenvalue weighted by atomic mass is 10.1. The number of sulfonamides is 1. The highest BCUT2D eigenvalue weighted by Gasteiger charge is 2.37. The molecule has 0 aliphatic carbocycles. The second kappa shape index (κ2) is 6.22. The van der Waals surface area contributed by atoms with E-state index in [-0.39, 0.29) is 6.04 Å². The number of benzene rings is 1. The molecule has 0 saturated carbocycles. The van der Waals surface area contributed by atoms with Crippen LogP contribution < -0.4 is 0 Å². The summed E-state index contributed by atoms with van der Waals surface area (Å²) in [4.78, 5) is 0.333. The van der Waals surface area contributed by atoms with Crippen LogP contribution in [0.1, 0.15) is 43.7 Å². The minimum absolute atomic E-state index is 0.223. The van der Waals surface area contributed by atoms with Crippen molar-refractivity contribution in [3.8, 4) is 0 Å². The van der Waals surface area contributed by atoms with Crippen LogP contribution in [0.5, 0.6) is 0 Å². The zero-order valence-electron chi connectivity index (χ0n) is 12.6. The molecule has 0 spiro atoms. The maximum absolute atomic E-state index is 12.8. The van der Waals surface area contributed by atoms with E-state index in [9.17, 15) is 8.42 Å². The van der Waals surface area contributed by atoms with Crippen LogP contribution in [-0.2, 0) is 16.4 Å². The molecule has 0 amide bonds. The van der Waals surface area contributed by atoms with Gasteiger partial charge in [-0.15, -0.1) is 0 Å². The Balaban J connectivity index is 1.89. The molecule has 1 aliphatic heterocycles. The Morgan fingerprint density at radius 1 is 1.32 bits per heavy atom. The summed E-state index contributed by atoms with van der Waals surface area (Å²) in [6.45, 7) is 2.60. The number of rotatable bonds is 5. The molecule has 5 nitrogen and oxygen atoms in total. The number of hydrogen-bond donors (Lipinski definition) is 0. The van der Waals surface area contributed by atoms with E-state index in [0.29, 0.717) is 11.4 Å². The molecular formula is C16H20N2O3S. The molecule has 1 aliphatic rings. The average molecular weight is 320 g/mol. The zero-order valence-corrected chi connectivity index (χ0v) is 13.4. The molecule has 3 rings (SSSR count). The van der Waals surface area contributed by atoms with Gasteiger partial charge in [0.1, 0.15) is 11.5 Å². The van der Waals surface area contributed by atoms with E-state index in [1.54, 1.807) is 28.6 Å². The average Bonchev–Trinajstić information content (AvgIpc) is 3.17. The molecule has 2 heterocycles. The van der Waals surface area contributed by atoms with Crippen molar-refractivity contribution in [2.24, 2.45) is 0 Å². The normalized spacial score (nSPS) is 19.6. The Morgan fingerprint density at radius 2 is 2.09 bits per heavy atom. The van der Waals surface area contributed by atoms with E-state index < -0.39 is 10.0 Å². The summed E-state index contributed by atoms with van der Waals surface area (Å²) < 4.78 is 32.5.